The lowest BCUT2D eigenvalue weighted by atomic mass is 10.3. The van der Waals surface area contributed by atoms with Crippen LogP contribution in [0.2, 0.25) is 0 Å². The van der Waals surface area contributed by atoms with E-state index in [1.54, 1.807) is 0 Å². The molecule has 0 aliphatic rings. The molecular formula is C10H17F3N6. The number of nitrogens with zero attached hydrogens (tertiary/aromatic N) is 3. The molecule has 0 radical (unpaired) electrons. The summed E-state index contributed by atoms with van der Waals surface area (Å²) in [5.74, 6) is 3.84. The molecule has 0 aromatic carbocycles. The standard InChI is InChI=1S/C10H17F3N6/c1-6(19(2)3)5-15-7-4-8(18-14)17-9(16-7)10(11,12)13/h4,6H,5,14H2,1-3H3,(H2,15,16,17,18). The van der Waals surface area contributed by atoms with Crippen LogP contribution in [0.1, 0.15) is 12.7 Å². The van der Waals surface area contributed by atoms with E-state index in [4.69, 9.17) is 5.84 Å². The van der Waals surface area contributed by atoms with Crippen LogP contribution in [0.25, 0.3) is 0 Å². The second-order valence-corrected chi connectivity index (χ2v) is 4.30. The summed E-state index contributed by atoms with van der Waals surface area (Å²) >= 11 is 0. The normalized spacial score (nSPS) is 13.5. The first kappa shape index (κ1) is 15.4. The lowest BCUT2D eigenvalue weighted by Crippen LogP contribution is -2.32. The summed E-state index contributed by atoms with van der Waals surface area (Å²) in [5, 5.41) is 2.82. The Balaban J connectivity index is 2.89. The van der Waals surface area contributed by atoms with Gasteiger partial charge in [-0.2, -0.15) is 13.2 Å². The van der Waals surface area contributed by atoms with Gasteiger partial charge in [0.25, 0.3) is 0 Å². The Hall–Kier alpha value is -1.61. The Labute approximate surface area is 109 Å². The van der Waals surface area contributed by atoms with Crippen molar-refractivity contribution < 1.29 is 13.2 Å². The van der Waals surface area contributed by atoms with E-state index in [1.165, 1.54) is 6.07 Å². The molecule has 0 aliphatic heterocycles. The fourth-order valence-electron chi connectivity index (χ4n) is 1.17. The van der Waals surface area contributed by atoms with E-state index in [-0.39, 0.29) is 17.7 Å². The van der Waals surface area contributed by atoms with Crippen molar-refractivity contribution in [3.63, 3.8) is 0 Å². The highest BCUT2D eigenvalue weighted by Crippen LogP contribution is 2.28. The van der Waals surface area contributed by atoms with Crippen LogP contribution in [0.15, 0.2) is 6.07 Å². The molecular weight excluding hydrogens is 261 g/mol. The van der Waals surface area contributed by atoms with Crippen molar-refractivity contribution in [3.8, 4) is 0 Å². The first-order chi connectivity index (χ1) is 8.74. The fraction of sp³-hybridized carbons (Fsp3) is 0.600. The van der Waals surface area contributed by atoms with E-state index in [1.807, 2.05) is 25.9 Å². The lowest BCUT2D eigenvalue weighted by Gasteiger charge is -2.20. The lowest BCUT2D eigenvalue weighted by molar-refractivity contribution is -0.144. The van der Waals surface area contributed by atoms with Crippen LogP contribution in [0, 0.1) is 0 Å². The predicted octanol–water partition coefficient (Wildman–Crippen LogP) is 1.14. The molecule has 0 bridgehead atoms. The number of hydrogen-bond donors (Lipinski definition) is 3. The number of nitrogens with one attached hydrogen (secondary N) is 2. The Morgan fingerprint density at radius 2 is 1.89 bits per heavy atom. The second-order valence-electron chi connectivity index (χ2n) is 4.30. The van der Waals surface area contributed by atoms with Crippen LogP contribution in [0.5, 0.6) is 0 Å². The van der Waals surface area contributed by atoms with Crippen molar-refractivity contribution in [1.82, 2.24) is 14.9 Å². The average Bonchev–Trinajstić information content (AvgIpc) is 2.34. The van der Waals surface area contributed by atoms with Gasteiger partial charge < -0.3 is 15.6 Å². The minimum Gasteiger partial charge on any atom is -0.368 e. The summed E-state index contributed by atoms with van der Waals surface area (Å²) in [6.45, 7) is 2.38. The Bertz CT molecular complexity index is 420. The number of hydrogen-bond acceptors (Lipinski definition) is 6. The Kier molecular flexibility index (Phi) is 4.90. The first-order valence-corrected chi connectivity index (χ1v) is 5.57. The van der Waals surface area contributed by atoms with Crippen molar-refractivity contribution in [3.05, 3.63) is 11.9 Å². The van der Waals surface area contributed by atoms with Crippen LogP contribution in [0.4, 0.5) is 24.8 Å². The summed E-state index contributed by atoms with van der Waals surface area (Å²) in [6.07, 6.45) is -4.61. The highest BCUT2D eigenvalue weighted by molar-refractivity contribution is 5.47. The number of alkyl halides is 3. The molecule has 19 heavy (non-hydrogen) atoms. The molecule has 0 fully saturated rings. The van der Waals surface area contributed by atoms with Gasteiger partial charge in [0.15, 0.2) is 0 Å². The van der Waals surface area contributed by atoms with Gasteiger partial charge in [-0.3, -0.25) is 0 Å². The van der Waals surface area contributed by atoms with Crippen LogP contribution in [0.3, 0.4) is 0 Å². The van der Waals surface area contributed by atoms with Gasteiger partial charge in [-0.25, -0.2) is 15.8 Å². The number of rotatable bonds is 5. The Morgan fingerprint density at radius 1 is 1.32 bits per heavy atom. The SMILES string of the molecule is CC(CNc1cc(NN)nc(C(F)(F)F)n1)N(C)C. The van der Waals surface area contributed by atoms with Gasteiger partial charge in [0.05, 0.1) is 0 Å². The van der Waals surface area contributed by atoms with Crippen molar-refractivity contribution >= 4 is 11.6 Å². The molecule has 0 saturated heterocycles. The third kappa shape index (κ3) is 4.52. The Morgan fingerprint density at radius 3 is 2.37 bits per heavy atom. The first-order valence-electron chi connectivity index (χ1n) is 5.57. The van der Waals surface area contributed by atoms with E-state index < -0.39 is 12.0 Å². The number of nitrogens with two attached hydrogens (primary N) is 1. The molecule has 6 nitrogen and oxygen atoms in total. The number of anilines is 2. The van der Waals surface area contributed by atoms with Gasteiger partial charge in [-0.05, 0) is 21.0 Å². The minimum absolute atomic E-state index is 0.0731. The van der Waals surface area contributed by atoms with Crippen LogP contribution < -0.4 is 16.6 Å². The zero-order chi connectivity index (χ0) is 14.6. The van der Waals surface area contributed by atoms with Crippen LogP contribution in [-0.4, -0.2) is 41.5 Å². The van der Waals surface area contributed by atoms with Gasteiger partial charge in [0.1, 0.15) is 11.6 Å². The number of halogens is 3. The molecule has 1 aromatic rings. The second kappa shape index (κ2) is 6.02. The molecule has 1 heterocycles. The summed E-state index contributed by atoms with van der Waals surface area (Å²) in [7, 11) is 3.75. The van der Waals surface area contributed by atoms with Crippen molar-refractivity contribution in [1.29, 1.82) is 0 Å². The number of nitrogen functional groups attached to an aromatic ring is 1. The molecule has 1 atom stereocenters. The van der Waals surface area contributed by atoms with Crippen LogP contribution in [-0.2, 0) is 6.18 Å². The molecule has 0 saturated carbocycles. The van der Waals surface area contributed by atoms with Gasteiger partial charge in [0.2, 0.25) is 5.82 Å². The molecule has 9 heteroatoms. The highest BCUT2D eigenvalue weighted by atomic mass is 19.4. The van der Waals surface area contributed by atoms with Crippen molar-refractivity contribution in [2.45, 2.75) is 19.1 Å². The smallest absolute Gasteiger partial charge is 0.368 e. The van der Waals surface area contributed by atoms with Gasteiger partial charge in [-0.1, -0.05) is 0 Å². The molecule has 0 aliphatic carbocycles. The van der Waals surface area contributed by atoms with Gasteiger partial charge in [-0.15, -0.1) is 0 Å². The summed E-state index contributed by atoms with van der Waals surface area (Å²) in [4.78, 5) is 8.62. The predicted molar refractivity (Wildman–Crippen MR) is 66.5 cm³/mol. The third-order valence-corrected chi connectivity index (χ3v) is 2.59. The van der Waals surface area contributed by atoms with E-state index >= 15 is 0 Å². The topological polar surface area (TPSA) is 79.1 Å². The number of hydrazine groups is 1. The van der Waals surface area contributed by atoms with E-state index in [0.717, 1.165) is 0 Å². The number of likely N-dealkylation sites (N-methyl/N-ethyl adjacent to an activating group) is 1. The minimum atomic E-state index is -4.61. The summed E-state index contributed by atoms with van der Waals surface area (Å²) in [5.41, 5.74) is 2.09. The van der Waals surface area contributed by atoms with Crippen molar-refractivity contribution in [2.24, 2.45) is 5.84 Å². The molecule has 4 N–H and O–H groups in total. The monoisotopic (exact) mass is 278 g/mol. The highest BCUT2D eigenvalue weighted by Gasteiger charge is 2.35. The largest absolute Gasteiger partial charge is 0.451 e. The van der Waals surface area contributed by atoms with E-state index in [9.17, 15) is 13.2 Å². The van der Waals surface area contributed by atoms with Crippen LogP contribution >= 0.6 is 0 Å². The summed E-state index contributed by atoms with van der Waals surface area (Å²) in [6, 6.07) is 1.45. The average molecular weight is 278 g/mol. The maximum Gasteiger partial charge on any atom is 0.451 e. The zero-order valence-corrected chi connectivity index (χ0v) is 10.9. The molecule has 0 amide bonds. The fourth-order valence-corrected chi connectivity index (χ4v) is 1.17. The molecule has 1 aromatic heterocycles. The zero-order valence-electron chi connectivity index (χ0n) is 10.9. The third-order valence-electron chi connectivity index (χ3n) is 2.59. The van der Waals surface area contributed by atoms with E-state index in [0.29, 0.717) is 6.54 Å². The molecule has 108 valence electrons. The van der Waals surface area contributed by atoms with Crippen molar-refractivity contribution in [2.75, 3.05) is 31.4 Å². The van der Waals surface area contributed by atoms with Gasteiger partial charge in [0, 0.05) is 18.7 Å². The summed E-state index contributed by atoms with van der Waals surface area (Å²) < 4.78 is 37.7. The maximum absolute atomic E-state index is 12.6. The maximum atomic E-state index is 12.6. The van der Waals surface area contributed by atoms with Gasteiger partial charge >= 0.3 is 6.18 Å². The quantitative estimate of drug-likeness (QED) is 0.554. The molecule has 1 unspecified atom stereocenters. The molecule has 1 rings (SSSR count). The molecule has 0 spiro atoms. The van der Waals surface area contributed by atoms with E-state index in [2.05, 4.69) is 20.7 Å². The number of aromatic nitrogens is 2.